The van der Waals surface area contributed by atoms with E-state index in [1.807, 2.05) is 0 Å². The predicted molar refractivity (Wildman–Crippen MR) is 78.9 cm³/mol. The molecule has 0 saturated carbocycles. The van der Waals surface area contributed by atoms with Crippen LogP contribution < -0.4 is 4.65 Å². The molecule has 1 aromatic carbocycles. The molecular weight excluding hydrogens is 325 g/mol. The minimum Gasteiger partial charge on any atom is -0.535 e. The maximum Gasteiger partial charge on any atom is 0.526 e. The summed E-state index contributed by atoms with van der Waals surface area (Å²) in [6.07, 6.45) is -0.388. The summed E-state index contributed by atoms with van der Waals surface area (Å²) in [5.41, 5.74) is -0.911. The molecule has 0 fully saturated rings. The van der Waals surface area contributed by atoms with E-state index in [1.54, 1.807) is 0 Å². The van der Waals surface area contributed by atoms with Crippen LogP contribution in [-0.4, -0.2) is 34.8 Å². The molecule has 9 heteroatoms. The Morgan fingerprint density at radius 3 is 2.58 bits per heavy atom. The lowest BCUT2D eigenvalue weighted by Crippen LogP contribution is -2.36. The number of aromatic carboxylic acids is 1. The molecule has 1 aliphatic rings. The highest BCUT2D eigenvalue weighted by atomic mass is 19.2. The third-order valence-electron chi connectivity index (χ3n) is 3.85. The van der Waals surface area contributed by atoms with Gasteiger partial charge in [0.2, 0.25) is 0 Å². The highest BCUT2D eigenvalue weighted by Crippen LogP contribution is 2.39. The predicted octanol–water partition coefficient (Wildman–Crippen LogP) is 1.78. The van der Waals surface area contributed by atoms with Crippen LogP contribution in [0.25, 0.3) is 0 Å². The molecule has 0 saturated heterocycles. The quantitative estimate of drug-likeness (QED) is 0.766. The number of hydrogen-bond donors (Lipinski definition) is 2. The largest absolute Gasteiger partial charge is 0.535 e. The van der Waals surface area contributed by atoms with E-state index in [4.69, 9.17) is 9.76 Å². The summed E-state index contributed by atoms with van der Waals surface area (Å²) in [5.74, 6) is -5.88. The molecule has 0 aromatic heterocycles. The van der Waals surface area contributed by atoms with Crippen LogP contribution in [-0.2, 0) is 16.0 Å². The van der Waals surface area contributed by atoms with Crippen molar-refractivity contribution in [2.24, 2.45) is 0 Å². The van der Waals surface area contributed by atoms with Gasteiger partial charge in [-0.25, -0.2) is 13.6 Å². The summed E-state index contributed by atoms with van der Waals surface area (Å²) < 4.78 is 32.6. The fraction of sp³-hybridized carbons (Fsp3) is 0.400. The lowest BCUT2D eigenvalue weighted by Gasteiger charge is -2.28. The number of hydrogen-bond acceptors (Lipinski definition) is 5. The Morgan fingerprint density at radius 2 is 2.00 bits per heavy atom. The van der Waals surface area contributed by atoms with Gasteiger partial charge < -0.3 is 19.6 Å². The van der Waals surface area contributed by atoms with Gasteiger partial charge in [-0.1, -0.05) is 0 Å². The average Bonchev–Trinajstić information content (AvgIpc) is 2.50. The SMILES string of the molecule is CC(=O)CCC(=O)C[C@H]1Cc2c(F)c(F)cc(C(=O)O)c2OB1O. The van der Waals surface area contributed by atoms with Crippen molar-refractivity contribution in [3.8, 4) is 5.75 Å². The fourth-order valence-electron chi connectivity index (χ4n) is 2.60. The standard InChI is InChI=1S/C15H15BF2O6/c1-7(19)2-3-9(20)4-8-5-10-13(18)12(17)6-11(15(21)22)14(10)24-16(8)23/h6,8,23H,2-5H2,1H3,(H,21,22)/t8-/m0/s1. The molecule has 1 aromatic rings. The molecule has 128 valence electrons. The van der Waals surface area contributed by atoms with Gasteiger partial charge in [-0.3, -0.25) is 4.79 Å². The van der Waals surface area contributed by atoms with Crippen LogP contribution in [0.2, 0.25) is 5.82 Å². The fourth-order valence-corrected chi connectivity index (χ4v) is 2.60. The number of benzene rings is 1. The van der Waals surface area contributed by atoms with Crippen molar-refractivity contribution in [1.29, 1.82) is 0 Å². The molecule has 0 bridgehead atoms. The van der Waals surface area contributed by atoms with Crippen LogP contribution in [0.4, 0.5) is 8.78 Å². The highest BCUT2D eigenvalue weighted by Gasteiger charge is 2.40. The monoisotopic (exact) mass is 340 g/mol. The Kier molecular flexibility index (Phi) is 5.33. The smallest absolute Gasteiger partial charge is 0.526 e. The van der Waals surface area contributed by atoms with Gasteiger partial charge in [-0.2, -0.15) is 0 Å². The summed E-state index contributed by atoms with van der Waals surface area (Å²) in [6, 6.07) is 0.488. The summed E-state index contributed by atoms with van der Waals surface area (Å²) in [6.45, 7) is 1.34. The van der Waals surface area contributed by atoms with Crippen molar-refractivity contribution in [1.82, 2.24) is 0 Å². The second-order valence-corrected chi connectivity index (χ2v) is 5.75. The van der Waals surface area contributed by atoms with E-state index in [0.717, 1.165) is 0 Å². The van der Waals surface area contributed by atoms with Crippen molar-refractivity contribution >= 4 is 24.7 Å². The number of carboxylic acids is 1. The number of carboxylic acid groups (broad SMARTS) is 1. The molecule has 0 amide bonds. The number of carbonyl (C=O) groups is 3. The van der Waals surface area contributed by atoms with Gasteiger partial charge in [0.25, 0.3) is 0 Å². The van der Waals surface area contributed by atoms with Crippen molar-refractivity contribution < 1.29 is 37.9 Å². The van der Waals surface area contributed by atoms with Gasteiger partial charge in [0.1, 0.15) is 22.9 Å². The van der Waals surface area contributed by atoms with Gasteiger partial charge in [0.15, 0.2) is 11.6 Å². The van der Waals surface area contributed by atoms with E-state index in [2.05, 4.69) is 0 Å². The van der Waals surface area contributed by atoms with Crippen molar-refractivity contribution in [3.63, 3.8) is 0 Å². The number of fused-ring (bicyclic) bond motifs is 1. The van der Waals surface area contributed by atoms with Gasteiger partial charge in [-0.15, -0.1) is 0 Å². The molecule has 2 N–H and O–H groups in total. The first-order chi connectivity index (χ1) is 11.2. The van der Waals surface area contributed by atoms with E-state index in [0.29, 0.717) is 6.07 Å². The van der Waals surface area contributed by atoms with E-state index in [1.165, 1.54) is 6.92 Å². The number of rotatable bonds is 6. The first kappa shape index (κ1) is 18.1. The third kappa shape index (κ3) is 3.78. The zero-order valence-electron chi connectivity index (χ0n) is 12.8. The van der Waals surface area contributed by atoms with Crippen LogP contribution >= 0.6 is 0 Å². The van der Waals surface area contributed by atoms with Gasteiger partial charge >= 0.3 is 13.1 Å². The minimum atomic E-state index is -1.53. The second-order valence-electron chi connectivity index (χ2n) is 5.75. The molecule has 1 aliphatic heterocycles. The summed E-state index contributed by atoms with van der Waals surface area (Å²) in [4.78, 5) is 33.8. The Bertz CT molecular complexity index is 706. The molecular formula is C15H15BF2O6. The maximum atomic E-state index is 14.0. The Balaban J connectivity index is 2.24. The Hall–Kier alpha value is -2.29. The molecule has 1 atom stereocenters. The van der Waals surface area contributed by atoms with Gasteiger partial charge in [-0.05, 0) is 19.4 Å². The molecule has 0 unspecified atom stereocenters. The Morgan fingerprint density at radius 1 is 1.33 bits per heavy atom. The molecule has 0 radical (unpaired) electrons. The van der Waals surface area contributed by atoms with E-state index in [9.17, 15) is 28.2 Å². The first-order valence-electron chi connectivity index (χ1n) is 7.30. The second kappa shape index (κ2) is 7.08. The molecule has 24 heavy (non-hydrogen) atoms. The highest BCUT2D eigenvalue weighted by molar-refractivity contribution is 6.47. The number of halogens is 2. The molecule has 0 spiro atoms. The minimum absolute atomic E-state index is 0.0164. The van der Waals surface area contributed by atoms with E-state index >= 15 is 0 Å². The van der Waals surface area contributed by atoms with Crippen molar-refractivity contribution in [2.45, 2.75) is 38.4 Å². The zero-order chi connectivity index (χ0) is 18.0. The average molecular weight is 340 g/mol. The topological polar surface area (TPSA) is 101 Å². The molecule has 1 heterocycles. The Labute approximate surface area is 136 Å². The molecule has 0 aliphatic carbocycles. The number of Topliss-reactive ketones (excluding diaryl/α,β-unsaturated/α-hetero) is 2. The van der Waals surface area contributed by atoms with Crippen LogP contribution in [0, 0.1) is 11.6 Å². The lowest BCUT2D eigenvalue weighted by molar-refractivity contribution is -0.123. The van der Waals surface area contributed by atoms with Crippen LogP contribution in [0.3, 0.4) is 0 Å². The zero-order valence-corrected chi connectivity index (χ0v) is 12.8. The maximum absolute atomic E-state index is 14.0. The van der Waals surface area contributed by atoms with Crippen molar-refractivity contribution in [3.05, 3.63) is 28.8 Å². The van der Waals surface area contributed by atoms with Crippen LogP contribution in [0.1, 0.15) is 42.1 Å². The third-order valence-corrected chi connectivity index (χ3v) is 3.85. The van der Waals surface area contributed by atoms with E-state index in [-0.39, 0.29) is 42.8 Å². The van der Waals surface area contributed by atoms with Gasteiger partial charge in [0, 0.05) is 30.6 Å². The first-order valence-corrected chi connectivity index (χ1v) is 7.30. The number of carbonyl (C=O) groups excluding carboxylic acids is 2. The summed E-state index contributed by atoms with van der Waals surface area (Å²) >= 11 is 0. The van der Waals surface area contributed by atoms with Crippen LogP contribution in [0.15, 0.2) is 6.07 Å². The number of ketones is 2. The summed E-state index contributed by atoms with van der Waals surface area (Å²) in [5, 5.41) is 19.0. The van der Waals surface area contributed by atoms with E-state index < -0.39 is 41.9 Å². The summed E-state index contributed by atoms with van der Waals surface area (Å²) in [7, 11) is -1.53. The van der Waals surface area contributed by atoms with Crippen molar-refractivity contribution in [2.75, 3.05) is 0 Å². The normalized spacial score (nSPS) is 16.3. The van der Waals surface area contributed by atoms with Crippen LogP contribution in [0.5, 0.6) is 5.75 Å². The lowest BCUT2D eigenvalue weighted by atomic mass is 9.64. The van der Waals surface area contributed by atoms with Gasteiger partial charge in [0.05, 0.1) is 0 Å². The molecule has 6 nitrogen and oxygen atoms in total. The molecule has 2 rings (SSSR count).